The lowest BCUT2D eigenvalue weighted by Crippen LogP contribution is -2.25. The van der Waals surface area contributed by atoms with Gasteiger partial charge >= 0.3 is 5.97 Å². The summed E-state index contributed by atoms with van der Waals surface area (Å²) in [5.41, 5.74) is -0.814. The maximum Gasteiger partial charge on any atom is 0.304 e. The number of halogens is 2. The number of benzene rings is 1. The fraction of sp³-hybridized carbons (Fsp3) is 0.500. The largest absolute Gasteiger partial charge is 0.481 e. The van der Waals surface area contributed by atoms with Gasteiger partial charge in [-0.3, -0.25) is 4.79 Å². The summed E-state index contributed by atoms with van der Waals surface area (Å²) in [4.78, 5) is 10.8. The average molecular weight is 256 g/mol. The molecule has 0 saturated heterocycles. The SMILES string of the molecule is CC(C)c1ccc(F)c(C(C)(C)CC(=O)O)c1F. The van der Waals surface area contributed by atoms with Crippen LogP contribution in [0.3, 0.4) is 0 Å². The number of carbonyl (C=O) groups is 1. The van der Waals surface area contributed by atoms with Crippen molar-refractivity contribution in [3.05, 3.63) is 34.9 Å². The first-order chi connectivity index (χ1) is 8.16. The maximum absolute atomic E-state index is 14.3. The number of hydrogen-bond acceptors (Lipinski definition) is 1. The molecule has 0 saturated carbocycles. The van der Waals surface area contributed by atoms with Crippen LogP contribution in [0.25, 0.3) is 0 Å². The summed E-state index contributed by atoms with van der Waals surface area (Å²) in [7, 11) is 0. The van der Waals surface area contributed by atoms with E-state index in [0.29, 0.717) is 5.56 Å². The third-order valence-corrected chi connectivity index (χ3v) is 3.01. The van der Waals surface area contributed by atoms with Gasteiger partial charge in [-0.15, -0.1) is 0 Å². The van der Waals surface area contributed by atoms with Crippen LogP contribution in [-0.2, 0) is 10.2 Å². The zero-order chi connectivity index (χ0) is 14.1. The molecule has 0 fully saturated rings. The van der Waals surface area contributed by atoms with Crippen molar-refractivity contribution in [2.75, 3.05) is 0 Å². The zero-order valence-corrected chi connectivity index (χ0v) is 11.1. The molecule has 0 amide bonds. The van der Waals surface area contributed by atoms with Crippen molar-refractivity contribution >= 4 is 5.97 Å². The zero-order valence-electron chi connectivity index (χ0n) is 11.1. The highest BCUT2D eigenvalue weighted by Gasteiger charge is 2.31. The topological polar surface area (TPSA) is 37.3 Å². The molecule has 18 heavy (non-hydrogen) atoms. The Morgan fingerprint density at radius 1 is 1.33 bits per heavy atom. The second-order valence-electron chi connectivity index (χ2n) is 5.43. The molecule has 0 atom stereocenters. The molecule has 100 valence electrons. The van der Waals surface area contributed by atoms with Crippen molar-refractivity contribution < 1.29 is 18.7 Å². The van der Waals surface area contributed by atoms with E-state index in [0.717, 1.165) is 0 Å². The molecule has 0 aliphatic rings. The van der Waals surface area contributed by atoms with Gasteiger partial charge in [-0.05, 0) is 17.5 Å². The van der Waals surface area contributed by atoms with E-state index in [-0.39, 0.29) is 17.9 Å². The molecule has 1 N–H and O–H groups in total. The standard InChI is InChI=1S/C14H18F2O2/c1-8(2)9-5-6-10(15)12(13(9)16)14(3,4)7-11(17)18/h5-6,8H,7H2,1-4H3,(H,17,18). The van der Waals surface area contributed by atoms with E-state index in [9.17, 15) is 13.6 Å². The van der Waals surface area contributed by atoms with Crippen LogP contribution in [0.1, 0.15) is 51.2 Å². The predicted octanol–water partition coefficient (Wildman–Crippen LogP) is 3.84. The molecule has 1 aromatic carbocycles. The normalized spacial score (nSPS) is 11.9. The second kappa shape index (κ2) is 5.04. The summed E-state index contributed by atoms with van der Waals surface area (Å²) in [6.07, 6.45) is -0.317. The minimum atomic E-state index is -1.08. The summed E-state index contributed by atoms with van der Waals surface area (Å²) in [5, 5.41) is 8.83. The molecular weight excluding hydrogens is 238 g/mol. The Morgan fingerprint density at radius 3 is 2.33 bits per heavy atom. The first-order valence-corrected chi connectivity index (χ1v) is 5.87. The number of carboxylic acid groups (broad SMARTS) is 1. The summed E-state index contributed by atoms with van der Waals surface area (Å²) in [6.45, 7) is 6.69. The summed E-state index contributed by atoms with van der Waals surface area (Å²) in [6, 6.07) is 2.62. The smallest absolute Gasteiger partial charge is 0.304 e. The minimum absolute atomic E-state index is 0.0787. The molecule has 0 aliphatic heterocycles. The minimum Gasteiger partial charge on any atom is -0.481 e. The van der Waals surface area contributed by atoms with E-state index in [4.69, 9.17) is 5.11 Å². The van der Waals surface area contributed by atoms with Crippen LogP contribution >= 0.6 is 0 Å². The third-order valence-electron chi connectivity index (χ3n) is 3.01. The lowest BCUT2D eigenvalue weighted by molar-refractivity contribution is -0.138. The van der Waals surface area contributed by atoms with Gasteiger partial charge in [-0.25, -0.2) is 8.78 Å². The van der Waals surface area contributed by atoms with Crippen LogP contribution in [0.4, 0.5) is 8.78 Å². The van der Waals surface area contributed by atoms with E-state index >= 15 is 0 Å². The van der Waals surface area contributed by atoms with Gasteiger partial charge < -0.3 is 5.11 Å². The molecule has 0 aromatic heterocycles. The highest BCUT2D eigenvalue weighted by molar-refractivity contribution is 5.69. The van der Waals surface area contributed by atoms with Crippen LogP contribution in [0.2, 0.25) is 0 Å². The Morgan fingerprint density at radius 2 is 1.89 bits per heavy atom. The molecule has 4 heteroatoms. The molecular formula is C14H18F2O2. The lowest BCUT2D eigenvalue weighted by atomic mass is 9.79. The quantitative estimate of drug-likeness (QED) is 0.888. The molecule has 0 heterocycles. The average Bonchev–Trinajstić information content (AvgIpc) is 2.13. The lowest BCUT2D eigenvalue weighted by Gasteiger charge is -2.25. The maximum atomic E-state index is 14.3. The summed E-state index contributed by atoms with van der Waals surface area (Å²) >= 11 is 0. The Bertz CT molecular complexity index is 465. The Labute approximate surface area is 106 Å². The molecule has 1 rings (SSSR count). The van der Waals surface area contributed by atoms with E-state index in [2.05, 4.69) is 0 Å². The van der Waals surface area contributed by atoms with Crippen LogP contribution in [0, 0.1) is 11.6 Å². The van der Waals surface area contributed by atoms with Crippen LogP contribution < -0.4 is 0 Å². The van der Waals surface area contributed by atoms with Gasteiger partial charge in [-0.2, -0.15) is 0 Å². The van der Waals surface area contributed by atoms with E-state index in [1.807, 2.05) is 13.8 Å². The van der Waals surface area contributed by atoms with Gasteiger partial charge in [0.2, 0.25) is 0 Å². The Balaban J connectivity index is 3.39. The third kappa shape index (κ3) is 2.86. The monoisotopic (exact) mass is 256 g/mol. The Kier molecular flexibility index (Phi) is 4.09. The first-order valence-electron chi connectivity index (χ1n) is 5.87. The van der Waals surface area contributed by atoms with Crippen LogP contribution in [0.5, 0.6) is 0 Å². The fourth-order valence-electron chi connectivity index (χ4n) is 2.10. The number of rotatable bonds is 4. The van der Waals surface area contributed by atoms with Crippen molar-refractivity contribution in [2.24, 2.45) is 0 Å². The van der Waals surface area contributed by atoms with Crippen molar-refractivity contribution in [3.8, 4) is 0 Å². The molecule has 0 bridgehead atoms. The van der Waals surface area contributed by atoms with Gasteiger partial charge in [0.25, 0.3) is 0 Å². The van der Waals surface area contributed by atoms with Crippen molar-refractivity contribution in [2.45, 2.75) is 45.4 Å². The highest BCUT2D eigenvalue weighted by atomic mass is 19.1. The molecule has 0 unspecified atom stereocenters. The number of carboxylic acids is 1. The van der Waals surface area contributed by atoms with E-state index in [1.54, 1.807) is 0 Å². The van der Waals surface area contributed by atoms with Gasteiger partial charge in [0.1, 0.15) is 11.6 Å². The first kappa shape index (κ1) is 14.6. The predicted molar refractivity (Wildman–Crippen MR) is 65.7 cm³/mol. The van der Waals surface area contributed by atoms with Gasteiger partial charge in [-0.1, -0.05) is 33.8 Å². The van der Waals surface area contributed by atoms with E-state index in [1.165, 1.54) is 26.0 Å². The van der Waals surface area contributed by atoms with E-state index < -0.39 is 23.0 Å². The number of aliphatic carboxylic acids is 1. The second-order valence-corrected chi connectivity index (χ2v) is 5.43. The highest BCUT2D eigenvalue weighted by Crippen LogP contribution is 2.34. The fourth-order valence-corrected chi connectivity index (χ4v) is 2.10. The number of hydrogen-bond donors (Lipinski definition) is 1. The molecule has 1 aromatic rings. The van der Waals surface area contributed by atoms with Crippen molar-refractivity contribution in [1.82, 2.24) is 0 Å². The van der Waals surface area contributed by atoms with Crippen molar-refractivity contribution in [1.29, 1.82) is 0 Å². The Hall–Kier alpha value is -1.45. The van der Waals surface area contributed by atoms with Crippen LogP contribution in [0.15, 0.2) is 12.1 Å². The van der Waals surface area contributed by atoms with Gasteiger partial charge in [0.15, 0.2) is 0 Å². The molecule has 2 nitrogen and oxygen atoms in total. The molecule has 0 aliphatic carbocycles. The molecule has 0 spiro atoms. The summed E-state index contributed by atoms with van der Waals surface area (Å²) in [5.74, 6) is -2.47. The van der Waals surface area contributed by atoms with Gasteiger partial charge in [0.05, 0.1) is 6.42 Å². The van der Waals surface area contributed by atoms with Gasteiger partial charge in [0, 0.05) is 11.0 Å². The van der Waals surface area contributed by atoms with Crippen LogP contribution in [-0.4, -0.2) is 11.1 Å². The van der Waals surface area contributed by atoms with Crippen molar-refractivity contribution in [3.63, 3.8) is 0 Å². The summed E-state index contributed by atoms with van der Waals surface area (Å²) < 4.78 is 28.1. The molecule has 0 radical (unpaired) electrons.